The second-order valence-electron chi connectivity index (χ2n) is 7.93. The van der Waals surface area contributed by atoms with E-state index in [1.165, 1.54) is 80.2 Å². The molecule has 1 N–H and O–H groups in total. The number of rotatable bonds is 10. The van der Waals surface area contributed by atoms with Gasteiger partial charge in [-0.1, -0.05) is 57.4 Å². The molecule has 0 aromatic heterocycles. The minimum Gasteiger partial charge on any atom is -0.386 e. The summed E-state index contributed by atoms with van der Waals surface area (Å²) in [5.74, 6) is 0. The third-order valence-corrected chi connectivity index (χ3v) is 6.26. The first-order chi connectivity index (χ1) is 13.1. The SMILES string of the molecule is CC/C(=C/CCCC/C=C(/CC)c1ccc(C)c(S)c1)NC1CCCCC1. The lowest BCUT2D eigenvalue weighted by Gasteiger charge is -2.25. The molecule has 1 nitrogen and oxygen atoms in total. The molecule has 1 aliphatic rings. The maximum absolute atomic E-state index is 4.57. The Balaban J connectivity index is 1.75. The van der Waals surface area contributed by atoms with Gasteiger partial charge in [0.2, 0.25) is 0 Å². The normalized spacial score (nSPS) is 16.6. The fourth-order valence-electron chi connectivity index (χ4n) is 3.93. The fraction of sp³-hybridized carbons (Fsp3) is 0.600. The van der Waals surface area contributed by atoms with Crippen LogP contribution >= 0.6 is 12.6 Å². The Kier molecular flexibility index (Phi) is 10.1. The van der Waals surface area contributed by atoms with Crippen LogP contribution in [0.1, 0.15) is 95.6 Å². The summed E-state index contributed by atoms with van der Waals surface area (Å²) >= 11 is 4.57. The molecule has 0 unspecified atom stereocenters. The van der Waals surface area contributed by atoms with Crippen LogP contribution in [0.15, 0.2) is 40.9 Å². The molecule has 0 spiro atoms. The number of aryl methyl sites for hydroxylation is 1. The van der Waals surface area contributed by atoms with Gasteiger partial charge in [0, 0.05) is 16.6 Å². The summed E-state index contributed by atoms with van der Waals surface area (Å²) in [6.07, 6.45) is 18.9. The Hall–Kier alpha value is -1.15. The van der Waals surface area contributed by atoms with Crippen LogP contribution in [0.4, 0.5) is 0 Å². The van der Waals surface area contributed by atoms with Crippen molar-refractivity contribution in [3.05, 3.63) is 47.2 Å². The average Bonchev–Trinajstić information content (AvgIpc) is 2.69. The smallest absolute Gasteiger partial charge is 0.0258 e. The first-order valence-electron chi connectivity index (χ1n) is 11.1. The zero-order chi connectivity index (χ0) is 19.5. The number of thiol groups is 1. The molecule has 0 aliphatic heterocycles. The zero-order valence-electron chi connectivity index (χ0n) is 17.7. The van der Waals surface area contributed by atoms with Gasteiger partial charge in [0.25, 0.3) is 0 Å². The summed E-state index contributed by atoms with van der Waals surface area (Å²) in [6, 6.07) is 7.35. The summed E-state index contributed by atoms with van der Waals surface area (Å²) in [7, 11) is 0. The molecular weight excluding hydrogens is 346 g/mol. The van der Waals surface area contributed by atoms with Gasteiger partial charge in [-0.25, -0.2) is 0 Å². The van der Waals surface area contributed by atoms with Crippen molar-refractivity contribution in [3.8, 4) is 0 Å². The van der Waals surface area contributed by atoms with E-state index in [4.69, 9.17) is 0 Å². The van der Waals surface area contributed by atoms with Gasteiger partial charge >= 0.3 is 0 Å². The molecule has 1 fully saturated rings. The van der Waals surface area contributed by atoms with E-state index < -0.39 is 0 Å². The monoisotopic (exact) mass is 385 g/mol. The summed E-state index contributed by atoms with van der Waals surface area (Å²) < 4.78 is 0. The Labute approximate surface area is 173 Å². The standard InChI is InChI=1S/C25H39NS/c1-4-21(22-18-17-20(3)25(27)19-22)13-9-6-7-10-14-23(5-2)26-24-15-11-8-12-16-24/h13-14,17-19,24,26-27H,4-12,15-16H2,1-3H3/b21-13-,23-14-. The number of unbranched alkanes of at least 4 members (excludes halogenated alkanes) is 3. The second-order valence-corrected chi connectivity index (χ2v) is 8.41. The van der Waals surface area contributed by atoms with Crippen LogP contribution in [-0.4, -0.2) is 6.04 Å². The van der Waals surface area contributed by atoms with E-state index in [2.05, 4.69) is 69.1 Å². The van der Waals surface area contributed by atoms with Crippen molar-refractivity contribution in [2.45, 2.75) is 102 Å². The zero-order valence-corrected chi connectivity index (χ0v) is 18.6. The average molecular weight is 386 g/mol. The fourth-order valence-corrected chi connectivity index (χ4v) is 4.14. The number of hydrogen-bond donors (Lipinski definition) is 2. The molecule has 0 radical (unpaired) electrons. The Morgan fingerprint density at radius 2 is 1.74 bits per heavy atom. The summed E-state index contributed by atoms with van der Waals surface area (Å²) in [6.45, 7) is 6.63. The predicted octanol–water partition coefficient (Wildman–Crippen LogP) is 7.85. The maximum atomic E-state index is 4.57. The van der Waals surface area contributed by atoms with E-state index >= 15 is 0 Å². The molecule has 2 heteroatoms. The molecule has 0 saturated heterocycles. The van der Waals surface area contributed by atoms with E-state index in [-0.39, 0.29) is 0 Å². The van der Waals surface area contributed by atoms with E-state index in [1.807, 2.05) is 0 Å². The van der Waals surface area contributed by atoms with Gasteiger partial charge in [0.05, 0.1) is 0 Å². The van der Waals surface area contributed by atoms with Crippen LogP contribution in [0.2, 0.25) is 0 Å². The van der Waals surface area contributed by atoms with Crippen molar-refractivity contribution in [1.29, 1.82) is 0 Å². The first kappa shape index (κ1) is 22.1. The molecule has 27 heavy (non-hydrogen) atoms. The molecule has 1 saturated carbocycles. The van der Waals surface area contributed by atoms with Crippen LogP contribution < -0.4 is 5.32 Å². The highest BCUT2D eigenvalue weighted by Crippen LogP contribution is 2.24. The minimum atomic E-state index is 0.728. The Morgan fingerprint density at radius 3 is 2.37 bits per heavy atom. The van der Waals surface area contributed by atoms with Gasteiger partial charge in [-0.3, -0.25) is 0 Å². The highest BCUT2D eigenvalue weighted by molar-refractivity contribution is 7.80. The molecule has 0 heterocycles. The number of nitrogens with one attached hydrogen (secondary N) is 1. The van der Waals surface area contributed by atoms with E-state index in [0.29, 0.717) is 0 Å². The van der Waals surface area contributed by atoms with Crippen LogP contribution in [-0.2, 0) is 0 Å². The van der Waals surface area contributed by atoms with Gasteiger partial charge in [-0.05, 0) is 81.1 Å². The van der Waals surface area contributed by atoms with Crippen molar-refractivity contribution in [1.82, 2.24) is 5.32 Å². The molecule has 0 atom stereocenters. The first-order valence-corrected chi connectivity index (χ1v) is 11.5. The van der Waals surface area contributed by atoms with E-state index in [1.54, 1.807) is 0 Å². The van der Waals surface area contributed by atoms with Gasteiger partial charge in [0.1, 0.15) is 0 Å². The van der Waals surface area contributed by atoms with Crippen molar-refractivity contribution >= 4 is 18.2 Å². The summed E-state index contributed by atoms with van der Waals surface area (Å²) in [5, 5.41) is 3.80. The highest BCUT2D eigenvalue weighted by atomic mass is 32.1. The molecule has 1 aromatic rings. The molecule has 2 rings (SSSR count). The molecule has 0 amide bonds. The molecule has 1 aromatic carbocycles. The van der Waals surface area contributed by atoms with Gasteiger partial charge < -0.3 is 5.32 Å². The van der Waals surface area contributed by atoms with Crippen LogP contribution in [0, 0.1) is 6.92 Å². The molecule has 0 bridgehead atoms. The van der Waals surface area contributed by atoms with Crippen LogP contribution in [0.3, 0.4) is 0 Å². The predicted molar refractivity (Wildman–Crippen MR) is 124 cm³/mol. The van der Waals surface area contributed by atoms with Crippen LogP contribution in [0.5, 0.6) is 0 Å². The number of allylic oxidation sites excluding steroid dienone is 4. The molecule has 1 aliphatic carbocycles. The van der Waals surface area contributed by atoms with Gasteiger partial charge in [-0.15, -0.1) is 12.6 Å². The minimum absolute atomic E-state index is 0.728. The van der Waals surface area contributed by atoms with Crippen molar-refractivity contribution in [2.24, 2.45) is 0 Å². The molecule has 150 valence electrons. The third-order valence-electron chi connectivity index (χ3n) is 5.78. The van der Waals surface area contributed by atoms with E-state index in [0.717, 1.165) is 23.8 Å². The van der Waals surface area contributed by atoms with E-state index in [9.17, 15) is 0 Å². The third kappa shape index (κ3) is 7.78. The Bertz CT molecular complexity index is 623. The van der Waals surface area contributed by atoms with Gasteiger partial charge in [-0.2, -0.15) is 0 Å². The lowest BCUT2D eigenvalue weighted by Crippen LogP contribution is -2.30. The van der Waals surface area contributed by atoms with Crippen molar-refractivity contribution < 1.29 is 0 Å². The van der Waals surface area contributed by atoms with Crippen molar-refractivity contribution in [2.75, 3.05) is 0 Å². The number of hydrogen-bond acceptors (Lipinski definition) is 2. The Morgan fingerprint density at radius 1 is 1.04 bits per heavy atom. The topological polar surface area (TPSA) is 12.0 Å². The van der Waals surface area contributed by atoms with Crippen LogP contribution in [0.25, 0.3) is 5.57 Å². The van der Waals surface area contributed by atoms with Gasteiger partial charge in [0.15, 0.2) is 0 Å². The largest absolute Gasteiger partial charge is 0.386 e. The lowest BCUT2D eigenvalue weighted by atomic mass is 9.95. The lowest BCUT2D eigenvalue weighted by molar-refractivity contribution is 0.393. The molecular formula is C25H39NS. The highest BCUT2D eigenvalue weighted by Gasteiger charge is 2.13. The quantitative estimate of drug-likeness (QED) is 0.308. The second kappa shape index (κ2) is 12.3. The van der Waals surface area contributed by atoms with Crippen molar-refractivity contribution in [3.63, 3.8) is 0 Å². The maximum Gasteiger partial charge on any atom is 0.0258 e. The summed E-state index contributed by atoms with van der Waals surface area (Å²) in [4.78, 5) is 1.09. The number of benzene rings is 1. The summed E-state index contributed by atoms with van der Waals surface area (Å²) in [5.41, 5.74) is 5.50.